The van der Waals surface area contributed by atoms with Crippen LogP contribution in [0.25, 0.3) is 22.4 Å². The highest BCUT2D eigenvalue weighted by molar-refractivity contribution is 7.46. The number of nitrogens with zero attached hydrogens (tertiary/aromatic N) is 4. The van der Waals surface area contributed by atoms with Crippen LogP contribution in [0.5, 0.6) is 0 Å². The zero-order valence-corrected chi connectivity index (χ0v) is 17.7. The second-order valence-electron chi connectivity index (χ2n) is 6.21. The van der Waals surface area contributed by atoms with Crippen LogP contribution in [0.1, 0.15) is 21.3 Å². The third-order valence-electron chi connectivity index (χ3n) is 4.05. The molecule has 0 radical (unpaired) electrons. The van der Waals surface area contributed by atoms with Crippen molar-refractivity contribution in [3.05, 3.63) is 51.3 Å². The van der Waals surface area contributed by atoms with E-state index in [1.54, 1.807) is 0 Å². The molecule has 10 nitrogen and oxygen atoms in total. The summed E-state index contributed by atoms with van der Waals surface area (Å²) in [5, 5.41) is 5.08. The molecular formula is C16H9ClF3N4O6PS. The van der Waals surface area contributed by atoms with Crippen LogP contribution in [-0.2, 0) is 22.0 Å². The van der Waals surface area contributed by atoms with Crippen LogP contribution in [-0.4, -0.2) is 35.3 Å². The van der Waals surface area contributed by atoms with Gasteiger partial charge < -0.3 is 18.9 Å². The molecule has 0 fully saturated rings. The predicted molar refractivity (Wildman–Crippen MR) is 104 cm³/mol. The average Bonchev–Trinajstić information content (AvgIpc) is 3.42. The molecule has 168 valence electrons. The summed E-state index contributed by atoms with van der Waals surface area (Å²) < 4.78 is 58.9. The minimum absolute atomic E-state index is 0.0850. The number of halogens is 4. The van der Waals surface area contributed by atoms with Crippen LogP contribution in [0.3, 0.4) is 0 Å². The molecule has 3 heterocycles. The summed E-state index contributed by atoms with van der Waals surface area (Å²) in [5.41, 5.74) is 0.391. The van der Waals surface area contributed by atoms with E-state index in [0.29, 0.717) is 15.9 Å². The molecule has 0 amide bonds. The van der Waals surface area contributed by atoms with Gasteiger partial charge in [-0.15, -0.1) is 11.3 Å². The highest BCUT2D eigenvalue weighted by Crippen LogP contribution is 2.37. The molecule has 0 saturated heterocycles. The van der Waals surface area contributed by atoms with Gasteiger partial charge in [-0.05, 0) is 18.2 Å². The van der Waals surface area contributed by atoms with Crippen molar-refractivity contribution in [2.24, 2.45) is 0 Å². The quantitative estimate of drug-likeness (QED) is 0.290. The largest absolute Gasteiger partial charge is 0.471 e. The second-order valence-corrected chi connectivity index (χ2v) is 8.74. The number of ketones is 1. The van der Waals surface area contributed by atoms with Gasteiger partial charge >= 0.3 is 19.9 Å². The van der Waals surface area contributed by atoms with Crippen LogP contribution in [0.4, 0.5) is 13.2 Å². The van der Waals surface area contributed by atoms with Gasteiger partial charge in [0.25, 0.3) is 0 Å². The van der Waals surface area contributed by atoms with Crippen LogP contribution < -0.4 is 0 Å². The third-order valence-corrected chi connectivity index (χ3v) is 5.58. The molecule has 1 aromatic carbocycles. The van der Waals surface area contributed by atoms with Crippen molar-refractivity contribution in [1.29, 1.82) is 0 Å². The van der Waals surface area contributed by atoms with Gasteiger partial charge in [-0.25, -0.2) is 9.55 Å². The molecule has 4 rings (SSSR count). The third kappa shape index (κ3) is 4.60. The molecule has 0 saturated carbocycles. The Morgan fingerprint density at radius 2 is 2.06 bits per heavy atom. The number of hydrogen-bond donors (Lipinski definition) is 2. The molecule has 3 aromatic heterocycles. The SMILES string of the molecule is O=C(c1nc(-c2noc(C(F)(F)F)n2)cs1)c1cn(COP(=O)(O)O)c2ccc(Cl)cc12. The number of carbonyl (C=O) groups excluding carboxylic acids is 1. The smallest absolute Gasteiger partial charge is 0.329 e. The monoisotopic (exact) mass is 508 g/mol. The summed E-state index contributed by atoms with van der Waals surface area (Å²) in [5.74, 6) is -2.59. The van der Waals surface area contributed by atoms with Gasteiger partial charge in [0.15, 0.2) is 5.01 Å². The van der Waals surface area contributed by atoms with Gasteiger partial charge in [0.2, 0.25) is 11.6 Å². The Morgan fingerprint density at radius 3 is 2.72 bits per heavy atom. The number of carbonyl (C=O) groups is 1. The number of phosphoric ester groups is 1. The maximum atomic E-state index is 13.0. The lowest BCUT2D eigenvalue weighted by Crippen LogP contribution is -2.05. The first-order chi connectivity index (χ1) is 14.9. The molecule has 0 aliphatic rings. The van der Waals surface area contributed by atoms with Crippen molar-refractivity contribution in [3.63, 3.8) is 0 Å². The van der Waals surface area contributed by atoms with Gasteiger partial charge in [0, 0.05) is 22.0 Å². The fraction of sp³-hybridized carbons (Fsp3) is 0.125. The van der Waals surface area contributed by atoms with E-state index < -0.39 is 38.2 Å². The number of rotatable bonds is 6. The van der Waals surface area contributed by atoms with Crippen LogP contribution in [0.15, 0.2) is 34.3 Å². The minimum atomic E-state index is -4.82. The summed E-state index contributed by atoms with van der Waals surface area (Å²) in [6.07, 6.45) is -3.52. The Balaban J connectivity index is 1.69. The first-order valence-electron chi connectivity index (χ1n) is 8.32. The Hall–Kier alpha value is -2.61. The fourth-order valence-electron chi connectivity index (χ4n) is 2.73. The molecule has 0 spiro atoms. The molecular weight excluding hydrogens is 500 g/mol. The van der Waals surface area contributed by atoms with Crippen LogP contribution >= 0.6 is 30.8 Å². The summed E-state index contributed by atoms with van der Waals surface area (Å²) in [6.45, 7) is -0.554. The lowest BCUT2D eigenvalue weighted by Gasteiger charge is -2.07. The number of phosphoric acid groups is 1. The molecule has 16 heteroatoms. The number of hydrogen-bond acceptors (Lipinski definition) is 8. The van der Waals surface area contributed by atoms with Crippen molar-refractivity contribution < 1.29 is 41.4 Å². The molecule has 0 unspecified atom stereocenters. The van der Waals surface area contributed by atoms with E-state index in [4.69, 9.17) is 21.4 Å². The van der Waals surface area contributed by atoms with Gasteiger partial charge in [0.1, 0.15) is 12.4 Å². The normalized spacial score (nSPS) is 12.6. The Labute approximate surface area is 184 Å². The lowest BCUT2D eigenvalue weighted by molar-refractivity contribution is -0.159. The zero-order valence-electron chi connectivity index (χ0n) is 15.3. The van der Waals surface area contributed by atoms with E-state index in [-0.39, 0.29) is 16.3 Å². The molecule has 0 aliphatic carbocycles. The maximum Gasteiger partial charge on any atom is 0.471 e. The zero-order chi connectivity index (χ0) is 23.3. The first-order valence-corrected chi connectivity index (χ1v) is 11.1. The van der Waals surface area contributed by atoms with Gasteiger partial charge in [-0.3, -0.25) is 9.32 Å². The van der Waals surface area contributed by atoms with Gasteiger partial charge in [0.05, 0.1) is 11.1 Å². The average molecular weight is 509 g/mol. The predicted octanol–water partition coefficient (Wildman–Crippen LogP) is 4.12. The van der Waals surface area contributed by atoms with Gasteiger partial charge in [-0.2, -0.15) is 18.2 Å². The topological polar surface area (TPSA) is 141 Å². The van der Waals surface area contributed by atoms with Crippen LogP contribution in [0.2, 0.25) is 5.02 Å². The van der Waals surface area contributed by atoms with Crippen molar-refractivity contribution in [2.75, 3.05) is 0 Å². The van der Waals surface area contributed by atoms with Crippen LogP contribution in [0, 0.1) is 0 Å². The van der Waals surface area contributed by atoms with E-state index in [1.807, 2.05) is 0 Å². The number of fused-ring (bicyclic) bond motifs is 1. The highest BCUT2D eigenvalue weighted by Gasteiger charge is 2.38. The number of aromatic nitrogens is 4. The molecule has 32 heavy (non-hydrogen) atoms. The Kier molecular flexibility index (Phi) is 5.69. The molecule has 4 aromatic rings. The summed E-state index contributed by atoms with van der Waals surface area (Å²) in [6, 6.07) is 4.52. The minimum Gasteiger partial charge on any atom is -0.329 e. The van der Waals surface area contributed by atoms with E-state index in [0.717, 1.165) is 11.3 Å². The summed E-state index contributed by atoms with van der Waals surface area (Å²) in [4.78, 5) is 38.2. The van der Waals surface area contributed by atoms with Crippen molar-refractivity contribution >= 4 is 47.4 Å². The second kappa shape index (κ2) is 8.06. The summed E-state index contributed by atoms with van der Waals surface area (Å²) in [7, 11) is -4.78. The lowest BCUT2D eigenvalue weighted by atomic mass is 10.1. The standard InChI is InChI=1S/C16H9ClF3N4O6PS/c17-7-1-2-11-8(3-7)9(4-24(11)6-29-31(26,27)28)12(25)14-21-10(5-32-14)13-22-15(30-23-13)16(18,19)20/h1-5H,6H2,(H2,26,27,28). The Bertz CT molecular complexity index is 1380. The van der Waals surface area contributed by atoms with E-state index in [2.05, 4.69) is 24.2 Å². The van der Waals surface area contributed by atoms with Crippen molar-refractivity contribution in [2.45, 2.75) is 12.9 Å². The maximum absolute atomic E-state index is 13.0. The molecule has 2 N–H and O–H groups in total. The number of benzene rings is 1. The van der Waals surface area contributed by atoms with E-state index in [9.17, 15) is 22.5 Å². The number of alkyl halides is 3. The van der Waals surface area contributed by atoms with E-state index >= 15 is 0 Å². The van der Waals surface area contributed by atoms with Crippen molar-refractivity contribution in [3.8, 4) is 11.5 Å². The number of thiazole rings is 1. The van der Waals surface area contributed by atoms with E-state index in [1.165, 1.54) is 34.3 Å². The fourth-order valence-corrected chi connectivity index (χ4v) is 3.93. The summed E-state index contributed by atoms with van der Waals surface area (Å²) >= 11 is 6.86. The highest BCUT2D eigenvalue weighted by atomic mass is 35.5. The van der Waals surface area contributed by atoms with Crippen molar-refractivity contribution in [1.82, 2.24) is 19.7 Å². The Morgan fingerprint density at radius 1 is 1.31 bits per heavy atom. The van der Waals surface area contributed by atoms with Gasteiger partial charge in [-0.1, -0.05) is 16.8 Å². The molecule has 0 aliphatic heterocycles. The first kappa shape index (κ1) is 22.6. The molecule has 0 atom stereocenters. The molecule has 0 bridgehead atoms.